The van der Waals surface area contributed by atoms with Crippen LogP contribution in [0, 0.1) is 5.92 Å². The van der Waals surface area contributed by atoms with Gasteiger partial charge in [0.1, 0.15) is 0 Å². The second-order valence-corrected chi connectivity index (χ2v) is 4.36. The third-order valence-corrected chi connectivity index (χ3v) is 2.28. The van der Waals surface area contributed by atoms with E-state index in [0.717, 1.165) is 13.1 Å². The molecule has 1 rings (SSSR count). The van der Waals surface area contributed by atoms with Crippen LogP contribution in [0.3, 0.4) is 0 Å². The van der Waals surface area contributed by atoms with E-state index in [1.807, 2.05) is 12.3 Å². The monoisotopic (exact) mass is 208 g/mol. The number of pyridine rings is 1. The Kier molecular flexibility index (Phi) is 4.56. The van der Waals surface area contributed by atoms with Gasteiger partial charge in [-0.05, 0) is 18.5 Å². The Bertz CT molecular complexity index is 343. The molecule has 3 heteroatoms. The third kappa shape index (κ3) is 4.30. The van der Waals surface area contributed by atoms with Gasteiger partial charge in [-0.1, -0.05) is 26.8 Å². The lowest BCUT2D eigenvalue weighted by Gasteiger charge is -2.15. The van der Waals surface area contributed by atoms with Crippen LogP contribution in [0.15, 0.2) is 29.2 Å². The van der Waals surface area contributed by atoms with E-state index in [1.165, 1.54) is 0 Å². The molecule has 0 spiro atoms. The summed E-state index contributed by atoms with van der Waals surface area (Å²) in [5.74, 6) is 0.465. The van der Waals surface area contributed by atoms with Gasteiger partial charge in [0.05, 0.1) is 0 Å². The highest BCUT2D eigenvalue weighted by Crippen LogP contribution is 1.97. The molecule has 0 aromatic carbocycles. The van der Waals surface area contributed by atoms with Gasteiger partial charge in [-0.15, -0.1) is 0 Å². The Balaban J connectivity index is 2.48. The van der Waals surface area contributed by atoms with Crippen LogP contribution in [0.2, 0.25) is 0 Å². The lowest BCUT2D eigenvalue weighted by atomic mass is 10.1. The minimum Gasteiger partial charge on any atom is -0.315 e. The zero-order valence-corrected chi connectivity index (χ0v) is 9.73. The summed E-state index contributed by atoms with van der Waals surface area (Å²) < 4.78 is 1.76. The molecule has 1 aromatic rings. The van der Waals surface area contributed by atoms with Gasteiger partial charge in [0.2, 0.25) is 0 Å². The fourth-order valence-electron chi connectivity index (χ4n) is 1.45. The van der Waals surface area contributed by atoms with Crippen molar-refractivity contribution in [2.75, 3.05) is 6.54 Å². The summed E-state index contributed by atoms with van der Waals surface area (Å²) in [5.41, 5.74) is 0.0777. The fraction of sp³-hybridized carbons (Fsp3) is 0.583. The van der Waals surface area contributed by atoms with Gasteiger partial charge in [-0.2, -0.15) is 0 Å². The van der Waals surface area contributed by atoms with Crippen LogP contribution >= 0.6 is 0 Å². The van der Waals surface area contributed by atoms with E-state index in [1.54, 1.807) is 16.7 Å². The maximum absolute atomic E-state index is 11.4. The Morgan fingerprint density at radius 3 is 2.67 bits per heavy atom. The average Bonchev–Trinajstić information content (AvgIpc) is 2.18. The molecule has 1 N–H and O–H groups in total. The van der Waals surface area contributed by atoms with Crippen molar-refractivity contribution in [1.82, 2.24) is 9.88 Å². The lowest BCUT2D eigenvalue weighted by molar-refractivity contribution is 0.420. The van der Waals surface area contributed by atoms with Crippen LogP contribution in [0.5, 0.6) is 0 Å². The van der Waals surface area contributed by atoms with Crippen LogP contribution in [-0.4, -0.2) is 17.2 Å². The molecule has 0 aliphatic heterocycles. The SMILES string of the molecule is CC(CNC(C)C)Cn1ccccc1=O. The molecule has 0 radical (unpaired) electrons. The summed E-state index contributed by atoms with van der Waals surface area (Å²) >= 11 is 0. The van der Waals surface area contributed by atoms with Gasteiger partial charge in [-0.25, -0.2) is 0 Å². The number of aromatic nitrogens is 1. The minimum absolute atomic E-state index is 0.0777. The van der Waals surface area contributed by atoms with E-state index in [9.17, 15) is 4.79 Å². The smallest absolute Gasteiger partial charge is 0.250 e. The molecule has 0 amide bonds. The van der Waals surface area contributed by atoms with Crippen molar-refractivity contribution in [3.8, 4) is 0 Å². The Hall–Kier alpha value is -1.09. The van der Waals surface area contributed by atoms with Crippen molar-refractivity contribution in [2.24, 2.45) is 5.92 Å². The fourth-order valence-corrected chi connectivity index (χ4v) is 1.45. The summed E-state index contributed by atoms with van der Waals surface area (Å²) in [6.07, 6.45) is 1.84. The normalized spacial score (nSPS) is 13.1. The first-order chi connectivity index (χ1) is 7.09. The summed E-state index contributed by atoms with van der Waals surface area (Å²) in [7, 11) is 0. The van der Waals surface area contributed by atoms with Crippen LogP contribution in [-0.2, 0) is 6.54 Å². The Labute approximate surface area is 91.1 Å². The third-order valence-electron chi connectivity index (χ3n) is 2.28. The molecule has 1 aromatic heterocycles. The number of rotatable bonds is 5. The number of hydrogen-bond donors (Lipinski definition) is 1. The van der Waals surface area contributed by atoms with E-state index in [4.69, 9.17) is 0 Å². The molecule has 15 heavy (non-hydrogen) atoms. The van der Waals surface area contributed by atoms with Crippen LogP contribution < -0.4 is 10.9 Å². The second-order valence-electron chi connectivity index (χ2n) is 4.36. The van der Waals surface area contributed by atoms with E-state index >= 15 is 0 Å². The van der Waals surface area contributed by atoms with Gasteiger partial charge < -0.3 is 9.88 Å². The van der Waals surface area contributed by atoms with Crippen molar-refractivity contribution in [3.05, 3.63) is 34.7 Å². The zero-order valence-electron chi connectivity index (χ0n) is 9.73. The first-order valence-corrected chi connectivity index (χ1v) is 5.48. The highest BCUT2D eigenvalue weighted by molar-refractivity contribution is 4.93. The first-order valence-electron chi connectivity index (χ1n) is 5.48. The Morgan fingerprint density at radius 2 is 2.07 bits per heavy atom. The van der Waals surface area contributed by atoms with Crippen molar-refractivity contribution >= 4 is 0 Å². The molecule has 0 bridgehead atoms. The maximum Gasteiger partial charge on any atom is 0.250 e. The maximum atomic E-state index is 11.4. The average molecular weight is 208 g/mol. The molecule has 0 saturated heterocycles. The van der Waals surface area contributed by atoms with E-state index < -0.39 is 0 Å². The standard InChI is InChI=1S/C12H20N2O/c1-10(2)13-8-11(3)9-14-7-5-4-6-12(14)15/h4-7,10-11,13H,8-9H2,1-3H3. The van der Waals surface area contributed by atoms with Crippen molar-refractivity contribution < 1.29 is 0 Å². The minimum atomic E-state index is 0.0777. The molecule has 1 atom stereocenters. The molecule has 1 unspecified atom stereocenters. The van der Waals surface area contributed by atoms with Gasteiger partial charge in [-0.3, -0.25) is 4.79 Å². The van der Waals surface area contributed by atoms with Crippen molar-refractivity contribution in [2.45, 2.75) is 33.4 Å². The molecular weight excluding hydrogens is 188 g/mol. The largest absolute Gasteiger partial charge is 0.315 e. The molecule has 84 valence electrons. The predicted molar refractivity (Wildman–Crippen MR) is 63.0 cm³/mol. The summed E-state index contributed by atoms with van der Waals surface area (Å²) in [6.45, 7) is 8.12. The molecule has 0 fully saturated rings. The highest BCUT2D eigenvalue weighted by Gasteiger charge is 2.04. The highest BCUT2D eigenvalue weighted by atomic mass is 16.1. The van der Waals surface area contributed by atoms with Crippen molar-refractivity contribution in [3.63, 3.8) is 0 Å². The molecule has 1 heterocycles. The molecular formula is C12H20N2O. The zero-order chi connectivity index (χ0) is 11.3. The number of nitrogens with zero attached hydrogens (tertiary/aromatic N) is 1. The summed E-state index contributed by atoms with van der Waals surface area (Å²) in [4.78, 5) is 11.4. The number of nitrogens with one attached hydrogen (secondary N) is 1. The van der Waals surface area contributed by atoms with Gasteiger partial charge >= 0.3 is 0 Å². The van der Waals surface area contributed by atoms with E-state index in [2.05, 4.69) is 26.1 Å². The van der Waals surface area contributed by atoms with Crippen LogP contribution in [0.4, 0.5) is 0 Å². The quantitative estimate of drug-likeness (QED) is 0.795. The Morgan fingerprint density at radius 1 is 1.33 bits per heavy atom. The van der Waals surface area contributed by atoms with Crippen molar-refractivity contribution in [1.29, 1.82) is 0 Å². The molecule has 0 aliphatic rings. The lowest BCUT2D eigenvalue weighted by Crippen LogP contribution is -2.31. The number of hydrogen-bond acceptors (Lipinski definition) is 2. The molecule has 0 aliphatic carbocycles. The van der Waals surface area contributed by atoms with Gasteiger partial charge in [0.25, 0.3) is 5.56 Å². The van der Waals surface area contributed by atoms with Crippen LogP contribution in [0.25, 0.3) is 0 Å². The van der Waals surface area contributed by atoms with Crippen LogP contribution in [0.1, 0.15) is 20.8 Å². The first kappa shape index (κ1) is 12.0. The topological polar surface area (TPSA) is 34.0 Å². The molecule has 3 nitrogen and oxygen atoms in total. The molecule has 0 saturated carbocycles. The predicted octanol–water partition coefficient (Wildman–Crippen LogP) is 1.48. The van der Waals surface area contributed by atoms with Gasteiger partial charge in [0.15, 0.2) is 0 Å². The van der Waals surface area contributed by atoms with E-state index in [-0.39, 0.29) is 5.56 Å². The van der Waals surface area contributed by atoms with Gasteiger partial charge in [0, 0.05) is 24.8 Å². The second kappa shape index (κ2) is 5.71. The summed E-state index contributed by atoms with van der Waals surface area (Å²) in [5, 5.41) is 3.37. The van der Waals surface area contributed by atoms with E-state index in [0.29, 0.717) is 12.0 Å². The summed E-state index contributed by atoms with van der Waals surface area (Å²) in [6, 6.07) is 5.77.